The van der Waals surface area contributed by atoms with Crippen LogP contribution in [-0.4, -0.2) is 23.2 Å². The maximum atomic E-state index is 12.4. The summed E-state index contributed by atoms with van der Waals surface area (Å²) in [4.78, 5) is 12.3. The molecule has 19 heavy (non-hydrogen) atoms. The van der Waals surface area contributed by atoms with Crippen molar-refractivity contribution in [1.29, 1.82) is 0 Å². The number of rotatable bonds is 3. The summed E-state index contributed by atoms with van der Waals surface area (Å²) in [6.45, 7) is 0. The first-order valence-corrected chi connectivity index (χ1v) is 7.06. The Kier molecular flexibility index (Phi) is 2.97. The molecule has 108 valence electrons. The van der Waals surface area contributed by atoms with Gasteiger partial charge in [-0.1, -0.05) is 0 Å². The molecule has 0 aromatic carbocycles. The second-order valence-electron chi connectivity index (χ2n) is 6.88. The van der Waals surface area contributed by atoms with E-state index in [4.69, 9.17) is 5.11 Å². The average Bonchev–Trinajstić information content (AvgIpc) is 2.25. The number of carbonyl (C=O) groups excluding carboxylic acids is 1. The molecule has 1 unspecified atom stereocenters. The number of hydrogen-bond donors (Lipinski definition) is 1. The van der Waals surface area contributed by atoms with Crippen LogP contribution in [0.2, 0.25) is 0 Å². The van der Waals surface area contributed by atoms with Crippen molar-refractivity contribution in [1.82, 2.24) is 0 Å². The molecule has 2 nitrogen and oxygen atoms in total. The lowest BCUT2D eigenvalue weighted by Crippen LogP contribution is -2.51. The van der Waals surface area contributed by atoms with Crippen molar-refractivity contribution < 1.29 is 23.1 Å². The molecule has 4 rings (SSSR count). The first-order chi connectivity index (χ1) is 8.78. The molecule has 0 aromatic heterocycles. The summed E-state index contributed by atoms with van der Waals surface area (Å²) >= 11 is 0. The molecule has 0 heterocycles. The van der Waals surface area contributed by atoms with Crippen molar-refractivity contribution in [2.24, 2.45) is 23.2 Å². The fraction of sp³-hybridized carbons (Fsp3) is 0.929. The summed E-state index contributed by atoms with van der Waals surface area (Å²) in [5.74, 6) is 1.23. The molecule has 4 aliphatic carbocycles. The number of aliphatic hydroxyl groups excluding tert-OH is 1. The van der Waals surface area contributed by atoms with Crippen molar-refractivity contribution in [3.63, 3.8) is 0 Å². The van der Waals surface area contributed by atoms with E-state index in [2.05, 4.69) is 0 Å². The van der Waals surface area contributed by atoms with Crippen LogP contribution in [0.5, 0.6) is 0 Å². The third kappa shape index (κ3) is 2.30. The van der Waals surface area contributed by atoms with Crippen LogP contribution >= 0.6 is 0 Å². The van der Waals surface area contributed by atoms with Gasteiger partial charge < -0.3 is 5.11 Å². The van der Waals surface area contributed by atoms with Crippen molar-refractivity contribution >= 4 is 5.78 Å². The molecule has 4 fully saturated rings. The number of aliphatic hydroxyl groups is 1. The second kappa shape index (κ2) is 4.21. The largest absolute Gasteiger partial charge is 0.414 e. The van der Waals surface area contributed by atoms with E-state index in [1.54, 1.807) is 0 Å². The van der Waals surface area contributed by atoms with Crippen LogP contribution in [0.4, 0.5) is 13.2 Å². The molecule has 0 saturated heterocycles. The maximum absolute atomic E-state index is 12.4. The van der Waals surface area contributed by atoms with Gasteiger partial charge >= 0.3 is 6.18 Å². The zero-order valence-electron chi connectivity index (χ0n) is 10.7. The SMILES string of the molecule is O=C(CC(O)C(F)(F)F)C12CC3CC(CC(C3)C1)C2. The van der Waals surface area contributed by atoms with Gasteiger partial charge in [0.2, 0.25) is 0 Å². The Morgan fingerprint density at radius 1 is 1.11 bits per heavy atom. The van der Waals surface area contributed by atoms with E-state index in [1.165, 1.54) is 0 Å². The number of Topliss-reactive ketones (excluding diaryl/α,β-unsaturated/α-hetero) is 1. The molecule has 1 atom stereocenters. The van der Waals surface area contributed by atoms with Gasteiger partial charge in [-0.15, -0.1) is 0 Å². The van der Waals surface area contributed by atoms with Gasteiger partial charge in [0, 0.05) is 11.8 Å². The summed E-state index contributed by atoms with van der Waals surface area (Å²) in [5, 5.41) is 9.11. The third-order valence-electron chi connectivity index (χ3n) is 5.39. The molecular weight excluding hydrogens is 257 g/mol. The van der Waals surface area contributed by atoms with E-state index in [9.17, 15) is 18.0 Å². The number of alkyl halides is 3. The molecule has 0 aliphatic heterocycles. The number of carbonyl (C=O) groups is 1. The van der Waals surface area contributed by atoms with E-state index in [0.717, 1.165) is 38.5 Å². The van der Waals surface area contributed by atoms with Crippen LogP contribution < -0.4 is 0 Å². The zero-order valence-corrected chi connectivity index (χ0v) is 10.7. The van der Waals surface area contributed by atoms with Crippen molar-refractivity contribution in [2.75, 3.05) is 0 Å². The van der Waals surface area contributed by atoms with Crippen LogP contribution in [0.15, 0.2) is 0 Å². The van der Waals surface area contributed by atoms with Crippen LogP contribution in [0.1, 0.15) is 44.9 Å². The first kappa shape index (κ1) is 13.4. The lowest BCUT2D eigenvalue weighted by atomic mass is 9.48. The lowest BCUT2D eigenvalue weighted by molar-refractivity contribution is -0.208. The maximum Gasteiger partial charge on any atom is 0.414 e. The van der Waals surface area contributed by atoms with Crippen LogP contribution in [-0.2, 0) is 4.79 Å². The molecule has 4 saturated carbocycles. The highest BCUT2D eigenvalue weighted by atomic mass is 19.4. The predicted octanol–water partition coefficient (Wildman–Crippen LogP) is 3.09. The molecule has 1 N–H and O–H groups in total. The van der Waals surface area contributed by atoms with E-state index in [1.807, 2.05) is 0 Å². The van der Waals surface area contributed by atoms with E-state index >= 15 is 0 Å². The summed E-state index contributed by atoms with van der Waals surface area (Å²) in [7, 11) is 0. The first-order valence-electron chi connectivity index (χ1n) is 7.06. The highest BCUT2D eigenvalue weighted by molar-refractivity contribution is 5.85. The minimum atomic E-state index is -4.68. The molecule has 4 aliphatic rings. The summed E-state index contributed by atoms with van der Waals surface area (Å²) in [6.07, 6.45) is -2.23. The number of ketones is 1. The van der Waals surface area contributed by atoms with Gasteiger partial charge in [0.25, 0.3) is 0 Å². The Labute approximate surface area is 110 Å². The van der Waals surface area contributed by atoms with Crippen LogP contribution in [0, 0.1) is 23.2 Å². The fourth-order valence-corrected chi connectivity index (χ4v) is 4.96. The quantitative estimate of drug-likeness (QED) is 0.860. The molecule has 0 radical (unpaired) electrons. The smallest absolute Gasteiger partial charge is 0.383 e. The van der Waals surface area contributed by atoms with Gasteiger partial charge in [-0.25, -0.2) is 0 Å². The predicted molar refractivity (Wildman–Crippen MR) is 62.3 cm³/mol. The summed E-state index contributed by atoms with van der Waals surface area (Å²) in [5.41, 5.74) is -0.541. The zero-order chi connectivity index (χ0) is 13.8. The Bertz CT molecular complexity index is 353. The Balaban J connectivity index is 1.73. The van der Waals surface area contributed by atoms with Gasteiger partial charge in [0.15, 0.2) is 6.10 Å². The Morgan fingerprint density at radius 3 is 1.89 bits per heavy atom. The topological polar surface area (TPSA) is 37.3 Å². The monoisotopic (exact) mass is 276 g/mol. The van der Waals surface area contributed by atoms with Crippen molar-refractivity contribution in [2.45, 2.75) is 57.2 Å². The minimum absolute atomic E-state index is 0.351. The van der Waals surface area contributed by atoms with Gasteiger partial charge in [-0.2, -0.15) is 13.2 Å². The fourth-order valence-electron chi connectivity index (χ4n) is 4.96. The van der Waals surface area contributed by atoms with Crippen LogP contribution in [0.3, 0.4) is 0 Å². The Hall–Kier alpha value is -0.580. The standard InChI is InChI=1S/C14H19F3O2/c15-14(16,17)12(19)4-11(18)13-5-8-1-9(6-13)3-10(2-8)7-13/h8-10,12,19H,1-7H2. The van der Waals surface area contributed by atoms with Gasteiger partial charge in [0.05, 0.1) is 0 Å². The van der Waals surface area contributed by atoms with E-state index in [0.29, 0.717) is 17.8 Å². The molecule has 5 heteroatoms. The van der Waals surface area contributed by atoms with Gasteiger partial charge in [-0.05, 0) is 56.3 Å². The highest BCUT2D eigenvalue weighted by Gasteiger charge is 2.55. The van der Waals surface area contributed by atoms with Gasteiger partial charge in [-0.3, -0.25) is 4.79 Å². The molecule has 4 bridgehead atoms. The van der Waals surface area contributed by atoms with Crippen molar-refractivity contribution in [3.05, 3.63) is 0 Å². The third-order valence-corrected chi connectivity index (χ3v) is 5.39. The summed E-state index contributed by atoms with van der Waals surface area (Å²) < 4.78 is 37.1. The minimum Gasteiger partial charge on any atom is -0.383 e. The van der Waals surface area contributed by atoms with Crippen molar-refractivity contribution in [3.8, 4) is 0 Å². The van der Waals surface area contributed by atoms with Gasteiger partial charge in [0.1, 0.15) is 5.78 Å². The van der Waals surface area contributed by atoms with E-state index < -0.39 is 24.1 Å². The molecule has 0 amide bonds. The average molecular weight is 276 g/mol. The number of hydrogen-bond acceptors (Lipinski definition) is 2. The second-order valence-corrected chi connectivity index (χ2v) is 6.88. The van der Waals surface area contributed by atoms with Crippen LogP contribution in [0.25, 0.3) is 0 Å². The Morgan fingerprint density at radius 2 is 1.53 bits per heavy atom. The molecule has 0 aromatic rings. The normalized spacial score (nSPS) is 42.4. The number of halogens is 3. The highest BCUT2D eigenvalue weighted by Crippen LogP contribution is 2.60. The molecular formula is C14H19F3O2. The molecule has 0 spiro atoms. The summed E-state index contributed by atoms with van der Waals surface area (Å²) in [6, 6.07) is 0. The van der Waals surface area contributed by atoms with E-state index in [-0.39, 0.29) is 5.78 Å². The lowest BCUT2D eigenvalue weighted by Gasteiger charge is -2.56.